The van der Waals surface area contributed by atoms with Crippen molar-refractivity contribution in [3.05, 3.63) is 134 Å². The van der Waals surface area contributed by atoms with E-state index in [1.54, 1.807) is 17.1 Å². The van der Waals surface area contributed by atoms with Crippen molar-refractivity contribution in [1.82, 2.24) is 0 Å². The number of non-ortho nitro benzene ring substituents is 1. The second-order valence-corrected chi connectivity index (χ2v) is 11.0. The van der Waals surface area contributed by atoms with Gasteiger partial charge in [0, 0.05) is 40.2 Å². The quantitative estimate of drug-likeness (QED) is 0.184. The third kappa shape index (κ3) is 4.21. The first-order valence-electron chi connectivity index (χ1n) is 12.0. The van der Waals surface area contributed by atoms with E-state index in [1.807, 2.05) is 83.9 Å². The van der Waals surface area contributed by atoms with Gasteiger partial charge in [-0.15, -0.1) is 0 Å². The molecule has 0 fully saturated rings. The van der Waals surface area contributed by atoms with Gasteiger partial charge >= 0.3 is 0 Å². The van der Waals surface area contributed by atoms with Crippen LogP contribution in [-0.4, -0.2) is 21.5 Å². The third-order valence-electron chi connectivity index (χ3n) is 6.46. The van der Waals surface area contributed by atoms with E-state index in [-0.39, 0.29) is 11.5 Å². The highest BCUT2D eigenvalue weighted by Crippen LogP contribution is 2.55. The minimum Gasteiger partial charge on any atom is -0.292 e. The summed E-state index contributed by atoms with van der Waals surface area (Å²) < 4.78 is 0.961. The van der Waals surface area contributed by atoms with Crippen LogP contribution >= 0.6 is 27.7 Å². The van der Waals surface area contributed by atoms with Crippen molar-refractivity contribution in [3.8, 4) is 0 Å². The fraction of sp³-hybridized carbons (Fsp3) is 0.0690. The number of carbonyl (C=O) groups excluding carboxylic acids is 1. The number of benzene rings is 4. The number of anilines is 2. The average Bonchev–Trinajstić information content (AvgIpc) is 3.36. The average molecular weight is 598 g/mol. The molecule has 4 aromatic carbocycles. The monoisotopic (exact) mass is 597 g/mol. The number of rotatable bonds is 5. The van der Waals surface area contributed by atoms with Gasteiger partial charge < -0.3 is 0 Å². The summed E-state index contributed by atoms with van der Waals surface area (Å²) in [6, 6.07) is 31.8. The topological polar surface area (TPSA) is 91.4 Å². The van der Waals surface area contributed by atoms with Gasteiger partial charge in [-0.1, -0.05) is 70.5 Å². The van der Waals surface area contributed by atoms with Crippen LogP contribution < -0.4 is 10.0 Å². The molecule has 2 heterocycles. The molecular formula is C29H20BrN5O3S. The van der Waals surface area contributed by atoms with E-state index in [9.17, 15) is 14.9 Å². The van der Waals surface area contributed by atoms with Crippen LogP contribution in [0.3, 0.4) is 0 Å². The Kier molecular flexibility index (Phi) is 6.28. The number of hydrazone groups is 2. The highest BCUT2D eigenvalue weighted by atomic mass is 79.9. The second kappa shape index (κ2) is 9.79. The lowest BCUT2D eigenvalue weighted by Crippen LogP contribution is -2.54. The van der Waals surface area contributed by atoms with E-state index in [2.05, 4.69) is 15.9 Å². The summed E-state index contributed by atoms with van der Waals surface area (Å²) >= 11 is 4.82. The third-order valence-corrected chi connectivity index (χ3v) is 8.40. The van der Waals surface area contributed by atoms with Crippen LogP contribution in [-0.2, 0) is 9.79 Å². The molecule has 192 valence electrons. The zero-order valence-electron chi connectivity index (χ0n) is 20.6. The van der Waals surface area contributed by atoms with E-state index in [0.29, 0.717) is 10.7 Å². The highest BCUT2D eigenvalue weighted by Gasteiger charge is 2.55. The molecule has 4 aromatic rings. The Balaban J connectivity index is 1.64. The normalized spacial score (nSPS) is 18.0. The highest BCUT2D eigenvalue weighted by molar-refractivity contribution is 9.10. The lowest BCUT2D eigenvalue weighted by Gasteiger charge is -2.47. The van der Waals surface area contributed by atoms with E-state index >= 15 is 0 Å². The van der Waals surface area contributed by atoms with Crippen molar-refractivity contribution >= 4 is 61.3 Å². The molecule has 8 nitrogen and oxygen atoms in total. The van der Waals surface area contributed by atoms with Gasteiger partial charge in [0.05, 0.1) is 22.0 Å². The zero-order valence-corrected chi connectivity index (χ0v) is 23.0. The number of nitro benzene ring substituents is 1. The van der Waals surface area contributed by atoms with Crippen LogP contribution in [0.4, 0.5) is 17.1 Å². The first-order valence-corrected chi connectivity index (χ1v) is 13.6. The van der Waals surface area contributed by atoms with Crippen LogP contribution in [0.15, 0.2) is 118 Å². The summed E-state index contributed by atoms with van der Waals surface area (Å²) in [7, 11) is 0. The number of para-hydroxylation sites is 1. The Morgan fingerprint density at radius 3 is 2.13 bits per heavy atom. The number of hydrogen-bond donors (Lipinski definition) is 0. The van der Waals surface area contributed by atoms with Crippen LogP contribution in [0.5, 0.6) is 0 Å². The molecule has 0 saturated heterocycles. The SMILES string of the molecule is CC(=O)C1=NN(c2ccc([N+](=O)[O-])cc2)[C@@]2(S1)c1ccccc1C(c1ccc(Br)cc1)=NN2c1ccccc1. The Labute approximate surface area is 236 Å². The smallest absolute Gasteiger partial charge is 0.269 e. The lowest BCUT2D eigenvalue weighted by molar-refractivity contribution is -0.384. The van der Waals surface area contributed by atoms with Crippen molar-refractivity contribution in [1.29, 1.82) is 0 Å². The fourth-order valence-electron chi connectivity index (χ4n) is 4.68. The minimum absolute atomic E-state index is 0.0325. The van der Waals surface area contributed by atoms with Crippen molar-refractivity contribution in [2.45, 2.75) is 11.9 Å². The van der Waals surface area contributed by atoms with E-state index < -0.39 is 9.92 Å². The number of carbonyl (C=O) groups is 1. The largest absolute Gasteiger partial charge is 0.292 e. The van der Waals surface area contributed by atoms with Gasteiger partial charge in [-0.25, -0.2) is 10.0 Å². The molecular weight excluding hydrogens is 578 g/mol. The van der Waals surface area contributed by atoms with E-state index in [4.69, 9.17) is 10.2 Å². The Morgan fingerprint density at radius 2 is 1.46 bits per heavy atom. The van der Waals surface area contributed by atoms with Crippen LogP contribution in [0, 0.1) is 10.1 Å². The van der Waals surface area contributed by atoms with Gasteiger partial charge in [0.25, 0.3) is 5.69 Å². The summed E-state index contributed by atoms with van der Waals surface area (Å²) in [5, 5.41) is 25.3. The van der Waals surface area contributed by atoms with Crippen molar-refractivity contribution in [3.63, 3.8) is 0 Å². The lowest BCUT2D eigenvalue weighted by atomic mass is 9.93. The summed E-state index contributed by atoms with van der Waals surface area (Å²) in [6.45, 7) is 1.48. The molecule has 2 aliphatic heterocycles. The molecule has 10 heteroatoms. The molecule has 39 heavy (non-hydrogen) atoms. The standard InChI is InChI=1S/C29H20BrN5O3S/c1-19(36)28-32-34(23-15-17-24(18-16-23)35(37)38)29(39-28)26-10-6-5-9-25(26)27(20-11-13-21(30)14-12-20)31-33(29)22-7-3-2-4-8-22/h2-18H,1H3/t29-/m1/s1. The molecule has 0 saturated carbocycles. The molecule has 0 unspecified atom stereocenters. The number of hydrogen-bond acceptors (Lipinski definition) is 8. The van der Waals surface area contributed by atoms with Gasteiger partial charge in [-0.3, -0.25) is 14.9 Å². The number of ketones is 1. The van der Waals surface area contributed by atoms with Gasteiger partial charge in [-0.05, 0) is 48.2 Å². The molecule has 0 aromatic heterocycles. The number of nitro groups is 1. The molecule has 6 rings (SSSR count). The molecule has 0 bridgehead atoms. The Morgan fingerprint density at radius 1 is 0.846 bits per heavy atom. The Bertz CT molecular complexity index is 1660. The summed E-state index contributed by atoms with van der Waals surface area (Å²) in [4.78, 5) is 22.5. The zero-order chi connectivity index (χ0) is 27.1. The van der Waals surface area contributed by atoms with E-state index in [0.717, 1.165) is 32.6 Å². The van der Waals surface area contributed by atoms with Gasteiger partial charge in [0.2, 0.25) is 4.99 Å². The van der Waals surface area contributed by atoms with Gasteiger partial charge in [0.15, 0.2) is 10.8 Å². The van der Waals surface area contributed by atoms with Crippen molar-refractivity contribution in [2.75, 3.05) is 10.0 Å². The first-order chi connectivity index (χ1) is 18.9. The molecule has 0 N–H and O–H groups in total. The molecule has 1 atom stereocenters. The number of Topliss-reactive ketones (excluding diaryl/α,β-unsaturated/α-hetero) is 1. The minimum atomic E-state index is -1.12. The summed E-state index contributed by atoms with van der Waals surface area (Å²) in [6.07, 6.45) is 0. The molecule has 0 radical (unpaired) electrons. The number of fused-ring (bicyclic) bond motifs is 2. The fourth-order valence-corrected chi connectivity index (χ4v) is 6.24. The Hall–Kier alpha value is -4.28. The molecule has 0 amide bonds. The molecule has 2 aliphatic rings. The maximum Gasteiger partial charge on any atom is 0.269 e. The maximum absolute atomic E-state index is 12.7. The molecule has 1 spiro atoms. The first kappa shape index (κ1) is 25.0. The number of nitrogens with zero attached hydrogens (tertiary/aromatic N) is 5. The van der Waals surface area contributed by atoms with E-state index in [1.165, 1.54) is 30.8 Å². The second-order valence-electron chi connectivity index (χ2n) is 8.91. The van der Waals surface area contributed by atoms with Crippen LogP contribution in [0.2, 0.25) is 0 Å². The summed E-state index contributed by atoms with van der Waals surface area (Å²) in [5.41, 5.74) is 4.82. The predicted molar refractivity (Wildman–Crippen MR) is 158 cm³/mol. The van der Waals surface area contributed by atoms with Crippen LogP contribution in [0.1, 0.15) is 23.6 Å². The van der Waals surface area contributed by atoms with Gasteiger partial charge in [0.1, 0.15) is 0 Å². The predicted octanol–water partition coefficient (Wildman–Crippen LogP) is 6.90. The number of halogens is 1. The maximum atomic E-state index is 12.7. The van der Waals surface area contributed by atoms with Crippen molar-refractivity contribution in [2.24, 2.45) is 10.2 Å². The van der Waals surface area contributed by atoms with Crippen LogP contribution in [0.25, 0.3) is 0 Å². The number of thioether (sulfide) groups is 1. The van der Waals surface area contributed by atoms with Gasteiger partial charge in [-0.2, -0.15) is 10.2 Å². The van der Waals surface area contributed by atoms with Crippen molar-refractivity contribution < 1.29 is 9.72 Å². The molecule has 0 aliphatic carbocycles. The summed E-state index contributed by atoms with van der Waals surface area (Å²) in [5.74, 6) is -0.183.